The monoisotopic (exact) mass is 264 g/mol. The summed E-state index contributed by atoms with van der Waals surface area (Å²) in [6.07, 6.45) is 3.72. The van der Waals surface area contributed by atoms with Crippen molar-refractivity contribution in [2.75, 3.05) is 0 Å². The van der Waals surface area contributed by atoms with Gasteiger partial charge in [-0.2, -0.15) is 0 Å². The molecule has 0 unspecified atom stereocenters. The maximum Gasteiger partial charge on any atom is 0.0152 e. The van der Waals surface area contributed by atoms with Crippen molar-refractivity contribution >= 4 is 0 Å². The van der Waals surface area contributed by atoms with E-state index in [9.17, 15) is 0 Å². The molecule has 1 aliphatic carbocycles. The summed E-state index contributed by atoms with van der Waals surface area (Å²) in [5.74, 6) is 0.666. The van der Waals surface area contributed by atoms with Gasteiger partial charge in [-0.3, -0.25) is 0 Å². The maximum atomic E-state index is 2.37. The van der Waals surface area contributed by atoms with Gasteiger partial charge in [0.15, 0.2) is 0 Å². The van der Waals surface area contributed by atoms with Gasteiger partial charge < -0.3 is 0 Å². The Bertz CT molecular complexity index is 607. The van der Waals surface area contributed by atoms with E-state index in [-0.39, 0.29) is 5.41 Å². The van der Waals surface area contributed by atoms with E-state index in [0.717, 1.165) is 0 Å². The van der Waals surface area contributed by atoms with Crippen LogP contribution in [0.4, 0.5) is 0 Å². The van der Waals surface area contributed by atoms with Gasteiger partial charge in [-0.05, 0) is 41.0 Å². The summed E-state index contributed by atoms with van der Waals surface area (Å²) in [7, 11) is 0. The lowest BCUT2D eigenvalue weighted by molar-refractivity contribution is 0.603. The predicted molar refractivity (Wildman–Crippen MR) is 86.4 cm³/mol. The standard InChI is InChI=1S/C20H24/c1-4-9-15-14-16-10-5-7-12-18(16)20(2,3)19-13-8-6-11-17(15)19/h5-8,10-13,15H,4,9,14H2,1-3H3/t15-/m1/s1. The van der Waals surface area contributed by atoms with Crippen molar-refractivity contribution in [2.45, 2.75) is 51.4 Å². The zero-order chi connectivity index (χ0) is 14.2. The lowest BCUT2D eigenvalue weighted by Gasteiger charge is -2.28. The van der Waals surface area contributed by atoms with Crippen LogP contribution in [0.3, 0.4) is 0 Å². The third-order valence-electron chi connectivity index (χ3n) is 4.87. The van der Waals surface area contributed by atoms with Crippen LogP contribution < -0.4 is 0 Å². The number of hydrogen-bond acceptors (Lipinski definition) is 0. The fraction of sp³-hybridized carbons (Fsp3) is 0.400. The second kappa shape index (κ2) is 5.09. The molecule has 0 saturated carbocycles. The Morgan fingerprint density at radius 2 is 1.60 bits per heavy atom. The molecule has 0 heterocycles. The first kappa shape index (κ1) is 13.4. The second-order valence-corrected chi connectivity index (χ2v) is 6.56. The van der Waals surface area contributed by atoms with Crippen molar-refractivity contribution in [3.63, 3.8) is 0 Å². The van der Waals surface area contributed by atoms with Gasteiger partial charge in [0.1, 0.15) is 0 Å². The molecule has 0 amide bonds. The lowest BCUT2D eigenvalue weighted by Crippen LogP contribution is -2.20. The van der Waals surface area contributed by atoms with Crippen LogP contribution in [0, 0.1) is 0 Å². The van der Waals surface area contributed by atoms with Crippen molar-refractivity contribution in [3.05, 3.63) is 70.8 Å². The first-order chi connectivity index (χ1) is 9.64. The van der Waals surface area contributed by atoms with E-state index in [2.05, 4.69) is 69.3 Å². The van der Waals surface area contributed by atoms with Crippen molar-refractivity contribution in [2.24, 2.45) is 0 Å². The van der Waals surface area contributed by atoms with Crippen LogP contribution in [0.15, 0.2) is 48.5 Å². The van der Waals surface area contributed by atoms with Crippen LogP contribution in [-0.4, -0.2) is 0 Å². The molecule has 2 aromatic rings. The molecule has 0 aromatic heterocycles. The van der Waals surface area contributed by atoms with Crippen LogP contribution in [-0.2, 0) is 11.8 Å². The summed E-state index contributed by atoms with van der Waals surface area (Å²) in [5, 5.41) is 0. The minimum absolute atomic E-state index is 0.107. The molecule has 1 atom stereocenters. The zero-order valence-electron chi connectivity index (χ0n) is 12.8. The normalized spacial score (nSPS) is 19.9. The molecule has 0 bridgehead atoms. The van der Waals surface area contributed by atoms with Crippen molar-refractivity contribution < 1.29 is 0 Å². The molecular formula is C20H24. The van der Waals surface area contributed by atoms with Gasteiger partial charge in [0.05, 0.1) is 0 Å². The second-order valence-electron chi connectivity index (χ2n) is 6.56. The summed E-state index contributed by atoms with van der Waals surface area (Å²) >= 11 is 0. The van der Waals surface area contributed by atoms with Crippen LogP contribution in [0.5, 0.6) is 0 Å². The molecular weight excluding hydrogens is 240 g/mol. The molecule has 2 aromatic carbocycles. The fourth-order valence-electron chi connectivity index (χ4n) is 3.86. The summed E-state index contributed by atoms with van der Waals surface area (Å²) in [4.78, 5) is 0. The zero-order valence-corrected chi connectivity index (χ0v) is 12.8. The first-order valence-corrected chi connectivity index (χ1v) is 7.82. The van der Waals surface area contributed by atoms with Gasteiger partial charge in [-0.1, -0.05) is 75.7 Å². The Labute approximate surface area is 122 Å². The molecule has 0 saturated heterocycles. The van der Waals surface area contributed by atoms with Crippen molar-refractivity contribution in [3.8, 4) is 0 Å². The molecule has 0 aliphatic heterocycles. The van der Waals surface area contributed by atoms with E-state index >= 15 is 0 Å². The van der Waals surface area contributed by atoms with Gasteiger partial charge in [0, 0.05) is 5.41 Å². The highest BCUT2D eigenvalue weighted by atomic mass is 14.4. The van der Waals surface area contributed by atoms with Crippen molar-refractivity contribution in [1.82, 2.24) is 0 Å². The molecule has 0 N–H and O–H groups in total. The SMILES string of the molecule is CCC[C@@H]1Cc2ccccc2C(C)(C)c2ccccc21. The summed E-state index contributed by atoms with van der Waals surface area (Å²) in [6, 6.07) is 18.1. The molecule has 3 rings (SSSR count). The first-order valence-electron chi connectivity index (χ1n) is 7.82. The number of fused-ring (bicyclic) bond motifs is 2. The third kappa shape index (κ3) is 2.08. The predicted octanol–water partition coefficient (Wildman–Crippen LogP) is 5.45. The number of rotatable bonds is 2. The molecule has 0 heteroatoms. The van der Waals surface area contributed by atoms with Crippen LogP contribution in [0.25, 0.3) is 0 Å². The van der Waals surface area contributed by atoms with E-state index in [1.807, 2.05) is 0 Å². The van der Waals surface area contributed by atoms with Gasteiger partial charge in [-0.15, -0.1) is 0 Å². The van der Waals surface area contributed by atoms with Gasteiger partial charge in [0.25, 0.3) is 0 Å². The quantitative estimate of drug-likeness (QED) is 0.676. The van der Waals surface area contributed by atoms with E-state index in [1.54, 1.807) is 5.56 Å². The Morgan fingerprint density at radius 1 is 0.950 bits per heavy atom. The third-order valence-corrected chi connectivity index (χ3v) is 4.87. The highest BCUT2D eigenvalue weighted by molar-refractivity contribution is 5.50. The Balaban J connectivity index is 2.24. The Morgan fingerprint density at radius 3 is 2.35 bits per heavy atom. The summed E-state index contributed by atoms with van der Waals surface area (Å²) < 4.78 is 0. The maximum absolute atomic E-state index is 2.37. The van der Waals surface area contributed by atoms with E-state index in [0.29, 0.717) is 5.92 Å². The largest absolute Gasteiger partial charge is 0.0654 e. The summed E-state index contributed by atoms with van der Waals surface area (Å²) in [5.41, 5.74) is 6.23. The minimum Gasteiger partial charge on any atom is -0.0654 e. The van der Waals surface area contributed by atoms with E-state index < -0.39 is 0 Å². The average molecular weight is 264 g/mol. The van der Waals surface area contributed by atoms with E-state index in [1.165, 1.54) is 36.0 Å². The molecule has 1 aliphatic rings. The van der Waals surface area contributed by atoms with Gasteiger partial charge in [0.2, 0.25) is 0 Å². The van der Waals surface area contributed by atoms with Crippen molar-refractivity contribution in [1.29, 1.82) is 0 Å². The molecule has 0 radical (unpaired) electrons. The summed E-state index contributed by atoms with van der Waals surface area (Å²) in [6.45, 7) is 7.04. The van der Waals surface area contributed by atoms with Crippen LogP contribution >= 0.6 is 0 Å². The van der Waals surface area contributed by atoms with E-state index in [4.69, 9.17) is 0 Å². The van der Waals surface area contributed by atoms with Crippen LogP contribution in [0.1, 0.15) is 61.8 Å². The smallest absolute Gasteiger partial charge is 0.0152 e. The van der Waals surface area contributed by atoms with Gasteiger partial charge in [-0.25, -0.2) is 0 Å². The molecule has 20 heavy (non-hydrogen) atoms. The highest BCUT2D eigenvalue weighted by Gasteiger charge is 2.33. The topological polar surface area (TPSA) is 0 Å². The highest BCUT2D eigenvalue weighted by Crippen LogP contribution is 2.43. The molecule has 0 nitrogen and oxygen atoms in total. The Hall–Kier alpha value is -1.56. The van der Waals surface area contributed by atoms with Gasteiger partial charge >= 0.3 is 0 Å². The lowest BCUT2D eigenvalue weighted by atomic mass is 9.75. The molecule has 0 fully saturated rings. The molecule has 0 spiro atoms. The average Bonchev–Trinajstić information content (AvgIpc) is 2.55. The molecule has 104 valence electrons. The number of hydrogen-bond donors (Lipinski definition) is 0. The van der Waals surface area contributed by atoms with Crippen LogP contribution in [0.2, 0.25) is 0 Å². The minimum atomic E-state index is 0.107. The number of benzene rings is 2. The Kier molecular flexibility index (Phi) is 3.41. The fourth-order valence-corrected chi connectivity index (χ4v) is 3.86.